The number of furan rings is 1. The van der Waals surface area contributed by atoms with Gasteiger partial charge in [-0.1, -0.05) is 17.2 Å². The van der Waals surface area contributed by atoms with Crippen LogP contribution in [-0.2, 0) is 4.79 Å². The summed E-state index contributed by atoms with van der Waals surface area (Å²) in [6.07, 6.45) is 1.55. The molecule has 1 amide bonds. The van der Waals surface area contributed by atoms with Gasteiger partial charge in [-0.3, -0.25) is 4.79 Å². The topological polar surface area (TPSA) is 107 Å². The molecule has 0 fully saturated rings. The Bertz CT molecular complexity index is 976. The van der Waals surface area contributed by atoms with Crippen molar-refractivity contribution >= 4 is 17.5 Å². The summed E-state index contributed by atoms with van der Waals surface area (Å²) < 4.78 is 12.4. The molecule has 0 bridgehead atoms. The van der Waals surface area contributed by atoms with Gasteiger partial charge < -0.3 is 19.8 Å². The molecule has 0 radical (unpaired) electrons. The zero-order valence-electron chi connectivity index (χ0n) is 14.1. The van der Waals surface area contributed by atoms with Crippen LogP contribution in [0.3, 0.4) is 0 Å². The van der Waals surface area contributed by atoms with Gasteiger partial charge in [0.15, 0.2) is 0 Å². The van der Waals surface area contributed by atoms with Crippen LogP contribution >= 0.6 is 0 Å². The van der Waals surface area contributed by atoms with Crippen molar-refractivity contribution in [3.63, 3.8) is 0 Å². The molecule has 0 spiro atoms. The van der Waals surface area contributed by atoms with Crippen molar-refractivity contribution in [1.82, 2.24) is 20.2 Å². The molecule has 4 rings (SSSR count). The Morgan fingerprint density at radius 1 is 1.31 bits per heavy atom. The zero-order chi connectivity index (χ0) is 18.1. The smallest absolute Gasteiger partial charge is 0.256 e. The number of hydrogen-bond donors (Lipinski definition) is 2. The summed E-state index contributed by atoms with van der Waals surface area (Å²) in [5.41, 5.74) is 1.66. The molecule has 1 aliphatic rings. The minimum absolute atomic E-state index is 0.304. The predicted molar refractivity (Wildman–Crippen MR) is 92.6 cm³/mol. The zero-order valence-corrected chi connectivity index (χ0v) is 14.1. The van der Waals surface area contributed by atoms with Crippen molar-refractivity contribution < 1.29 is 13.9 Å². The number of ether oxygens (including phenoxy) is 1. The number of aromatic nitrogens is 4. The van der Waals surface area contributed by atoms with Crippen molar-refractivity contribution in [2.24, 2.45) is 0 Å². The Morgan fingerprint density at radius 3 is 2.92 bits per heavy atom. The lowest BCUT2D eigenvalue weighted by atomic mass is 10.00. The predicted octanol–water partition coefficient (Wildman–Crippen LogP) is 2.20. The lowest BCUT2D eigenvalue weighted by Gasteiger charge is -2.26. The van der Waals surface area contributed by atoms with Crippen LogP contribution in [0.4, 0.5) is 11.6 Å². The number of tetrazole rings is 1. The summed E-state index contributed by atoms with van der Waals surface area (Å²) in [7, 11) is 1.55. The standard InChI is InChI=1S/C17H16N6O3/c1-10-14(16(24)19-11-6-3-4-7-12(11)25-2)15(13-8-5-9-26-13)23-17(18-10)20-21-22-23/h3-9,15H,1-2H3,(H,19,24)(H,18,20,22). The number of benzene rings is 1. The molecule has 2 N–H and O–H groups in total. The molecule has 1 unspecified atom stereocenters. The number of amides is 1. The second-order valence-corrected chi connectivity index (χ2v) is 5.68. The Balaban J connectivity index is 1.74. The molecular weight excluding hydrogens is 336 g/mol. The van der Waals surface area contributed by atoms with Gasteiger partial charge in [0.2, 0.25) is 5.95 Å². The van der Waals surface area contributed by atoms with E-state index in [1.807, 2.05) is 12.1 Å². The SMILES string of the molecule is COc1ccccc1NC(=O)C1=C(C)Nc2nnnn2C1c1ccco1. The van der Waals surface area contributed by atoms with E-state index in [-0.39, 0.29) is 5.91 Å². The van der Waals surface area contributed by atoms with E-state index in [1.54, 1.807) is 44.6 Å². The number of para-hydroxylation sites is 2. The van der Waals surface area contributed by atoms with Crippen molar-refractivity contribution in [2.75, 3.05) is 17.7 Å². The van der Waals surface area contributed by atoms with Gasteiger partial charge >= 0.3 is 0 Å². The quantitative estimate of drug-likeness (QED) is 0.741. The van der Waals surface area contributed by atoms with Crippen LogP contribution in [0.5, 0.6) is 5.75 Å². The fraction of sp³-hybridized carbons (Fsp3) is 0.176. The Labute approximate surface area is 148 Å². The van der Waals surface area contributed by atoms with Gasteiger partial charge in [-0.15, -0.1) is 0 Å². The number of fused-ring (bicyclic) bond motifs is 1. The summed E-state index contributed by atoms with van der Waals surface area (Å²) in [6, 6.07) is 10.2. The first kappa shape index (κ1) is 15.9. The van der Waals surface area contributed by atoms with E-state index in [4.69, 9.17) is 9.15 Å². The normalized spacial score (nSPS) is 16.0. The van der Waals surface area contributed by atoms with Crippen LogP contribution in [0.1, 0.15) is 18.7 Å². The van der Waals surface area contributed by atoms with Crippen LogP contribution in [0.15, 0.2) is 58.3 Å². The second-order valence-electron chi connectivity index (χ2n) is 5.68. The summed E-state index contributed by atoms with van der Waals surface area (Å²) in [6.45, 7) is 1.80. The van der Waals surface area contributed by atoms with Gasteiger partial charge in [0.1, 0.15) is 17.6 Å². The first-order valence-corrected chi connectivity index (χ1v) is 7.92. The van der Waals surface area contributed by atoms with Crippen LogP contribution in [0, 0.1) is 0 Å². The molecule has 3 aromatic rings. The lowest BCUT2D eigenvalue weighted by Crippen LogP contribution is -2.31. The minimum atomic E-state index is -0.578. The number of hydrogen-bond acceptors (Lipinski definition) is 7. The Morgan fingerprint density at radius 2 is 2.15 bits per heavy atom. The molecule has 1 atom stereocenters. The van der Waals surface area contributed by atoms with Gasteiger partial charge in [-0.2, -0.15) is 4.68 Å². The van der Waals surface area contributed by atoms with E-state index in [9.17, 15) is 4.79 Å². The average Bonchev–Trinajstić information content (AvgIpc) is 3.32. The molecule has 0 saturated carbocycles. The summed E-state index contributed by atoms with van der Waals surface area (Å²) in [5.74, 6) is 1.27. The second kappa shape index (κ2) is 6.36. The van der Waals surface area contributed by atoms with Gasteiger partial charge in [0, 0.05) is 5.70 Å². The molecule has 9 nitrogen and oxygen atoms in total. The van der Waals surface area contributed by atoms with Crippen LogP contribution in [-0.4, -0.2) is 33.2 Å². The maximum Gasteiger partial charge on any atom is 0.256 e. The molecule has 3 heterocycles. The number of carbonyl (C=O) groups is 1. The third kappa shape index (κ3) is 2.59. The van der Waals surface area contributed by atoms with E-state index in [0.29, 0.717) is 34.4 Å². The van der Waals surface area contributed by atoms with Crippen LogP contribution in [0.2, 0.25) is 0 Å². The maximum atomic E-state index is 13.1. The molecular formula is C17H16N6O3. The number of nitrogens with zero attached hydrogens (tertiary/aromatic N) is 4. The largest absolute Gasteiger partial charge is 0.495 e. The van der Waals surface area contributed by atoms with E-state index >= 15 is 0 Å². The number of rotatable bonds is 4. The fourth-order valence-electron chi connectivity index (χ4n) is 2.95. The molecule has 0 saturated heterocycles. The average molecular weight is 352 g/mol. The van der Waals surface area contributed by atoms with Crippen molar-refractivity contribution in [3.8, 4) is 5.75 Å². The summed E-state index contributed by atoms with van der Waals surface area (Å²) >= 11 is 0. The fourth-order valence-corrected chi connectivity index (χ4v) is 2.95. The summed E-state index contributed by atoms with van der Waals surface area (Å²) in [4.78, 5) is 13.1. The highest BCUT2D eigenvalue weighted by atomic mass is 16.5. The highest BCUT2D eigenvalue weighted by molar-refractivity contribution is 6.06. The first-order chi connectivity index (χ1) is 12.7. The molecule has 1 aromatic carbocycles. The number of anilines is 2. The minimum Gasteiger partial charge on any atom is -0.495 e. The molecule has 132 valence electrons. The monoisotopic (exact) mass is 352 g/mol. The molecule has 9 heteroatoms. The first-order valence-electron chi connectivity index (χ1n) is 7.92. The molecule has 0 aliphatic carbocycles. The number of methoxy groups -OCH3 is 1. The highest BCUT2D eigenvalue weighted by Crippen LogP contribution is 2.35. The molecule has 26 heavy (non-hydrogen) atoms. The van der Waals surface area contributed by atoms with E-state index in [0.717, 1.165) is 0 Å². The van der Waals surface area contributed by atoms with Crippen molar-refractivity contribution in [1.29, 1.82) is 0 Å². The van der Waals surface area contributed by atoms with E-state index in [1.165, 1.54) is 4.68 Å². The van der Waals surface area contributed by atoms with Crippen molar-refractivity contribution in [2.45, 2.75) is 13.0 Å². The highest BCUT2D eigenvalue weighted by Gasteiger charge is 2.35. The lowest BCUT2D eigenvalue weighted by molar-refractivity contribution is -0.113. The van der Waals surface area contributed by atoms with Crippen molar-refractivity contribution in [3.05, 3.63) is 59.7 Å². The van der Waals surface area contributed by atoms with Gasteiger partial charge in [0.25, 0.3) is 5.91 Å². The molecule has 2 aromatic heterocycles. The number of allylic oxidation sites excluding steroid dienone is 1. The summed E-state index contributed by atoms with van der Waals surface area (Å²) in [5, 5.41) is 17.6. The molecule has 1 aliphatic heterocycles. The van der Waals surface area contributed by atoms with E-state index in [2.05, 4.69) is 26.2 Å². The van der Waals surface area contributed by atoms with Gasteiger partial charge in [-0.25, -0.2) is 0 Å². The van der Waals surface area contributed by atoms with Gasteiger partial charge in [-0.05, 0) is 41.6 Å². The van der Waals surface area contributed by atoms with Crippen LogP contribution in [0.25, 0.3) is 0 Å². The maximum absolute atomic E-state index is 13.1. The van der Waals surface area contributed by atoms with Crippen LogP contribution < -0.4 is 15.4 Å². The number of carbonyl (C=O) groups excluding carboxylic acids is 1. The Hall–Kier alpha value is -3.62. The van der Waals surface area contributed by atoms with Gasteiger partial charge in [0.05, 0.1) is 24.6 Å². The third-order valence-electron chi connectivity index (χ3n) is 4.13. The Kier molecular flexibility index (Phi) is 3.88. The third-order valence-corrected chi connectivity index (χ3v) is 4.13. The van der Waals surface area contributed by atoms with E-state index < -0.39 is 6.04 Å². The number of nitrogens with one attached hydrogen (secondary N) is 2.